The summed E-state index contributed by atoms with van der Waals surface area (Å²) < 4.78 is 0. The van der Waals surface area contributed by atoms with E-state index in [0.717, 1.165) is 0 Å². The number of amides is 1. The molecule has 1 heterocycles. The predicted molar refractivity (Wildman–Crippen MR) is 36.3 cm³/mol. The Morgan fingerprint density at radius 1 is 1.73 bits per heavy atom. The van der Waals surface area contributed by atoms with Crippen LogP contribution in [0.5, 0.6) is 0 Å². The zero-order valence-corrected chi connectivity index (χ0v) is 5.91. The van der Waals surface area contributed by atoms with Gasteiger partial charge in [-0.2, -0.15) is 0 Å². The minimum absolute atomic E-state index is 0.0341. The van der Waals surface area contributed by atoms with Crippen LogP contribution >= 0.6 is 0 Å². The number of Topliss-reactive ketones (excluding diaryl/α,β-unsaturated/α-hetero) is 1. The van der Waals surface area contributed by atoms with Crippen molar-refractivity contribution in [1.82, 2.24) is 5.32 Å². The Balaban J connectivity index is 2.58. The highest BCUT2D eigenvalue weighted by molar-refractivity contribution is 6.01. The summed E-state index contributed by atoms with van der Waals surface area (Å²) in [5.41, 5.74) is 4.92. The van der Waals surface area contributed by atoms with E-state index in [1.165, 1.54) is 0 Å². The minimum Gasteiger partial charge on any atom is -0.378 e. The van der Waals surface area contributed by atoms with Gasteiger partial charge in [-0.1, -0.05) is 0 Å². The maximum Gasteiger partial charge on any atom is 0.229 e. The molecule has 1 aliphatic heterocycles. The molecule has 0 aromatic rings. The van der Waals surface area contributed by atoms with Crippen LogP contribution in [0, 0.1) is 5.92 Å². The zero-order valence-electron chi connectivity index (χ0n) is 5.91. The highest BCUT2D eigenvalue weighted by atomic mass is 16.3. The van der Waals surface area contributed by atoms with E-state index in [2.05, 4.69) is 5.32 Å². The van der Waals surface area contributed by atoms with Gasteiger partial charge in [0.2, 0.25) is 5.91 Å². The van der Waals surface area contributed by atoms with Crippen molar-refractivity contribution in [3.05, 3.63) is 0 Å². The smallest absolute Gasteiger partial charge is 0.229 e. The molecule has 1 fully saturated rings. The first kappa shape index (κ1) is 8.16. The summed E-state index contributed by atoms with van der Waals surface area (Å²) in [4.78, 5) is 21.5. The monoisotopic (exact) mass is 158 g/mol. The molecule has 0 radical (unpaired) electrons. The summed E-state index contributed by atoms with van der Waals surface area (Å²) in [6.45, 7) is 0.148. The molecule has 1 aliphatic rings. The van der Waals surface area contributed by atoms with E-state index in [-0.39, 0.29) is 18.7 Å². The summed E-state index contributed by atoms with van der Waals surface area (Å²) >= 11 is 0. The summed E-state index contributed by atoms with van der Waals surface area (Å²) in [7, 11) is 0. The van der Waals surface area contributed by atoms with Gasteiger partial charge >= 0.3 is 0 Å². The van der Waals surface area contributed by atoms with E-state index in [1.54, 1.807) is 0 Å². The first-order valence-corrected chi connectivity index (χ1v) is 3.34. The Bertz CT molecular complexity index is 192. The summed E-state index contributed by atoms with van der Waals surface area (Å²) in [5.74, 6) is -1.68. The second kappa shape index (κ2) is 2.98. The van der Waals surface area contributed by atoms with E-state index in [1.807, 2.05) is 0 Å². The lowest BCUT2D eigenvalue weighted by atomic mass is 9.97. The van der Waals surface area contributed by atoms with Crippen LogP contribution in [0.2, 0.25) is 0 Å². The fraction of sp³-hybridized carbons (Fsp3) is 0.667. The summed E-state index contributed by atoms with van der Waals surface area (Å²) in [6, 6.07) is 0. The summed E-state index contributed by atoms with van der Waals surface area (Å²) in [6.07, 6.45) is -0.855. The number of aliphatic hydroxyl groups is 1. The van der Waals surface area contributed by atoms with E-state index < -0.39 is 18.1 Å². The van der Waals surface area contributed by atoms with Crippen molar-refractivity contribution in [3.8, 4) is 0 Å². The molecule has 0 spiro atoms. The highest BCUT2D eigenvalue weighted by Crippen LogP contribution is 2.07. The van der Waals surface area contributed by atoms with Crippen molar-refractivity contribution in [3.63, 3.8) is 0 Å². The van der Waals surface area contributed by atoms with Crippen molar-refractivity contribution in [1.29, 1.82) is 0 Å². The molecule has 0 aliphatic carbocycles. The molecule has 0 aromatic heterocycles. The maximum atomic E-state index is 10.9. The fourth-order valence-electron chi connectivity index (χ4n) is 1.03. The van der Waals surface area contributed by atoms with Crippen molar-refractivity contribution < 1.29 is 14.7 Å². The largest absolute Gasteiger partial charge is 0.378 e. The lowest BCUT2D eigenvalue weighted by Gasteiger charge is -2.22. The van der Waals surface area contributed by atoms with Crippen LogP contribution in [0.1, 0.15) is 6.42 Å². The number of hydrogen-bond donors (Lipinski definition) is 3. The first-order chi connectivity index (χ1) is 5.11. The maximum absolute atomic E-state index is 10.9. The van der Waals surface area contributed by atoms with E-state index >= 15 is 0 Å². The van der Waals surface area contributed by atoms with Gasteiger partial charge in [0.15, 0.2) is 5.78 Å². The second-order valence-corrected chi connectivity index (χ2v) is 2.55. The summed E-state index contributed by atoms with van der Waals surface area (Å²) in [5, 5.41) is 11.5. The second-order valence-electron chi connectivity index (χ2n) is 2.55. The Hall–Kier alpha value is -0.940. The Kier molecular flexibility index (Phi) is 2.21. The lowest BCUT2D eigenvalue weighted by Crippen LogP contribution is -2.48. The Morgan fingerprint density at radius 3 is 2.82 bits per heavy atom. The highest BCUT2D eigenvalue weighted by Gasteiger charge is 2.30. The van der Waals surface area contributed by atoms with E-state index in [0.29, 0.717) is 0 Å². The number of nitrogens with one attached hydrogen (secondary N) is 1. The molecule has 62 valence electrons. The molecule has 0 bridgehead atoms. The van der Waals surface area contributed by atoms with Gasteiger partial charge in [0.05, 0.1) is 0 Å². The molecule has 2 unspecified atom stereocenters. The molecule has 1 saturated heterocycles. The van der Waals surface area contributed by atoms with Gasteiger partial charge < -0.3 is 10.8 Å². The normalized spacial score (nSPS) is 31.9. The number of hydrogen-bond acceptors (Lipinski definition) is 4. The number of aliphatic hydroxyl groups excluding tert-OH is 1. The standard InChI is InChI=1S/C6H10N2O3/c7-6(11)3-2-8-5(10)1-4(3)9/h3,5,8,10H,1-2H2,(H2,7,11). The molecule has 5 nitrogen and oxygen atoms in total. The average Bonchev–Trinajstić information content (AvgIpc) is 1.85. The lowest BCUT2D eigenvalue weighted by molar-refractivity contribution is -0.135. The van der Waals surface area contributed by atoms with Crippen LogP contribution in [0.25, 0.3) is 0 Å². The zero-order chi connectivity index (χ0) is 8.43. The van der Waals surface area contributed by atoms with Gasteiger partial charge in [-0.05, 0) is 0 Å². The number of piperidine rings is 1. The number of primary amides is 1. The van der Waals surface area contributed by atoms with Crippen molar-refractivity contribution in [2.24, 2.45) is 11.7 Å². The average molecular weight is 158 g/mol. The molecule has 0 saturated carbocycles. The van der Waals surface area contributed by atoms with Gasteiger partial charge in [0.25, 0.3) is 0 Å². The molecule has 1 amide bonds. The Labute approximate surface area is 63.6 Å². The molecule has 5 heteroatoms. The minimum atomic E-state index is -0.821. The third-order valence-electron chi connectivity index (χ3n) is 1.68. The topological polar surface area (TPSA) is 92.4 Å². The quantitative estimate of drug-likeness (QED) is 0.384. The molecule has 4 N–H and O–H groups in total. The van der Waals surface area contributed by atoms with Crippen LogP contribution in [0.15, 0.2) is 0 Å². The molecule has 2 atom stereocenters. The van der Waals surface area contributed by atoms with Gasteiger partial charge in [-0.15, -0.1) is 0 Å². The third kappa shape index (κ3) is 1.75. The van der Waals surface area contributed by atoms with Crippen LogP contribution in [0.3, 0.4) is 0 Å². The van der Waals surface area contributed by atoms with Gasteiger partial charge in [-0.25, -0.2) is 0 Å². The number of rotatable bonds is 1. The SMILES string of the molecule is NC(=O)C1CNC(O)CC1=O. The predicted octanol–water partition coefficient (Wildman–Crippen LogP) is -2.03. The van der Waals surface area contributed by atoms with Crippen LogP contribution in [0.4, 0.5) is 0 Å². The molecule has 11 heavy (non-hydrogen) atoms. The van der Waals surface area contributed by atoms with Crippen molar-refractivity contribution in [2.75, 3.05) is 6.54 Å². The molecule has 0 aromatic carbocycles. The van der Waals surface area contributed by atoms with E-state index in [9.17, 15) is 9.59 Å². The van der Waals surface area contributed by atoms with Gasteiger partial charge in [0, 0.05) is 13.0 Å². The fourth-order valence-corrected chi connectivity index (χ4v) is 1.03. The van der Waals surface area contributed by atoms with Crippen LogP contribution in [-0.2, 0) is 9.59 Å². The van der Waals surface area contributed by atoms with Crippen molar-refractivity contribution >= 4 is 11.7 Å². The number of carbonyl (C=O) groups is 2. The Morgan fingerprint density at radius 2 is 2.36 bits per heavy atom. The van der Waals surface area contributed by atoms with Gasteiger partial charge in [-0.3, -0.25) is 14.9 Å². The van der Waals surface area contributed by atoms with Gasteiger partial charge in [0.1, 0.15) is 12.1 Å². The van der Waals surface area contributed by atoms with Crippen LogP contribution in [-0.4, -0.2) is 29.6 Å². The molecule has 1 rings (SSSR count). The number of nitrogens with two attached hydrogens (primary N) is 1. The first-order valence-electron chi connectivity index (χ1n) is 3.34. The molecular weight excluding hydrogens is 148 g/mol. The van der Waals surface area contributed by atoms with Crippen LogP contribution < -0.4 is 11.1 Å². The van der Waals surface area contributed by atoms with Crippen molar-refractivity contribution in [2.45, 2.75) is 12.6 Å². The molecular formula is C6H10N2O3. The van der Waals surface area contributed by atoms with E-state index in [4.69, 9.17) is 10.8 Å². The number of ketones is 1. The number of carbonyl (C=O) groups excluding carboxylic acids is 2. The third-order valence-corrected chi connectivity index (χ3v) is 1.68.